The summed E-state index contributed by atoms with van der Waals surface area (Å²) in [6.07, 6.45) is 3.89. The molecule has 0 radical (unpaired) electrons. The van der Waals surface area contributed by atoms with Crippen molar-refractivity contribution in [3.63, 3.8) is 0 Å². The molecule has 0 amide bonds. The van der Waals surface area contributed by atoms with Crippen LogP contribution in [0.4, 0.5) is 0 Å². The van der Waals surface area contributed by atoms with Gasteiger partial charge in [-0.15, -0.1) is 0 Å². The summed E-state index contributed by atoms with van der Waals surface area (Å²) in [6.45, 7) is 0.795. The minimum Gasteiger partial charge on any atom is -0.376 e. The molecule has 0 saturated carbocycles. The van der Waals surface area contributed by atoms with Crippen molar-refractivity contribution >= 4 is 17.1 Å². The van der Waals surface area contributed by atoms with Gasteiger partial charge in [-0.2, -0.15) is 0 Å². The van der Waals surface area contributed by atoms with E-state index in [2.05, 4.69) is 14.9 Å². The summed E-state index contributed by atoms with van der Waals surface area (Å²) in [6, 6.07) is 3.78. The monoisotopic (exact) mass is 229 g/mol. The van der Waals surface area contributed by atoms with Gasteiger partial charge in [0.15, 0.2) is 0 Å². The Morgan fingerprint density at radius 2 is 1.94 bits per heavy atom. The van der Waals surface area contributed by atoms with Gasteiger partial charge < -0.3 is 14.9 Å². The molecule has 0 saturated heterocycles. The van der Waals surface area contributed by atoms with Crippen LogP contribution in [0.2, 0.25) is 0 Å². The first-order valence-corrected chi connectivity index (χ1v) is 5.32. The van der Waals surface area contributed by atoms with Gasteiger partial charge in [0.2, 0.25) is 0 Å². The quantitative estimate of drug-likeness (QED) is 0.651. The van der Waals surface area contributed by atoms with Gasteiger partial charge >= 0.3 is 11.1 Å². The maximum atomic E-state index is 11.3. The molecular weight excluding hydrogens is 218 g/mol. The van der Waals surface area contributed by atoms with Crippen LogP contribution in [0, 0.1) is 0 Å². The van der Waals surface area contributed by atoms with Crippen LogP contribution in [0.1, 0.15) is 11.1 Å². The van der Waals surface area contributed by atoms with Crippen LogP contribution in [-0.4, -0.2) is 21.9 Å². The molecular formula is C12H11N3O2. The highest BCUT2D eigenvalue weighted by molar-refractivity contribution is 5.86. The van der Waals surface area contributed by atoms with E-state index in [1.165, 1.54) is 0 Å². The van der Waals surface area contributed by atoms with Crippen LogP contribution >= 0.6 is 0 Å². The van der Waals surface area contributed by atoms with Gasteiger partial charge in [0.1, 0.15) is 0 Å². The maximum Gasteiger partial charge on any atom is 0.314 e. The first kappa shape index (κ1) is 9.89. The second-order valence-electron chi connectivity index (χ2n) is 4.20. The highest BCUT2D eigenvalue weighted by Crippen LogP contribution is 2.24. The van der Waals surface area contributed by atoms with Gasteiger partial charge in [-0.25, -0.2) is 0 Å². The molecule has 5 heteroatoms. The van der Waals surface area contributed by atoms with Crippen LogP contribution in [0.25, 0.3) is 17.1 Å². The molecule has 2 heterocycles. The summed E-state index contributed by atoms with van der Waals surface area (Å²) in [5.74, 6) is 0. The second-order valence-corrected chi connectivity index (χ2v) is 4.20. The van der Waals surface area contributed by atoms with Crippen LogP contribution < -0.4 is 11.1 Å². The summed E-state index contributed by atoms with van der Waals surface area (Å²) >= 11 is 0. The average molecular weight is 229 g/mol. The van der Waals surface area contributed by atoms with E-state index in [-0.39, 0.29) is 0 Å². The van der Waals surface area contributed by atoms with Gasteiger partial charge in [-0.05, 0) is 23.9 Å². The zero-order valence-electron chi connectivity index (χ0n) is 9.28. The lowest BCUT2D eigenvalue weighted by Gasteiger charge is -2.21. The molecule has 86 valence electrons. The van der Waals surface area contributed by atoms with Gasteiger partial charge in [-0.3, -0.25) is 9.59 Å². The molecule has 5 nitrogen and oxygen atoms in total. The molecule has 3 rings (SSSR count). The number of nitrogens with zero attached hydrogens (tertiary/aromatic N) is 1. The van der Waals surface area contributed by atoms with E-state index in [4.69, 9.17) is 0 Å². The summed E-state index contributed by atoms with van der Waals surface area (Å²) < 4.78 is 0. The molecule has 0 fully saturated rings. The summed E-state index contributed by atoms with van der Waals surface area (Å²) in [5, 5.41) is 0. The van der Waals surface area contributed by atoms with Crippen molar-refractivity contribution in [1.82, 2.24) is 14.9 Å². The number of aromatic nitrogens is 2. The number of rotatable bonds is 0. The predicted octanol–water partition coefficient (Wildman–Crippen LogP) is 0.632. The minimum absolute atomic E-state index is 0.613. The molecule has 0 bridgehead atoms. The van der Waals surface area contributed by atoms with Gasteiger partial charge in [-0.1, -0.05) is 6.07 Å². The number of hydrogen-bond acceptors (Lipinski definition) is 3. The first-order chi connectivity index (χ1) is 8.15. The van der Waals surface area contributed by atoms with Gasteiger partial charge in [0.05, 0.1) is 11.0 Å². The van der Waals surface area contributed by atoms with E-state index < -0.39 is 11.1 Å². The van der Waals surface area contributed by atoms with Crippen LogP contribution in [0.15, 0.2) is 27.9 Å². The van der Waals surface area contributed by atoms with Crippen LogP contribution in [-0.2, 0) is 6.54 Å². The number of fused-ring (bicyclic) bond motifs is 3. The Kier molecular flexibility index (Phi) is 1.95. The zero-order valence-corrected chi connectivity index (χ0v) is 9.28. The molecule has 1 aromatic carbocycles. The van der Waals surface area contributed by atoms with Crippen molar-refractivity contribution < 1.29 is 0 Å². The predicted molar refractivity (Wildman–Crippen MR) is 65.7 cm³/mol. The smallest absolute Gasteiger partial charge is 0.314 e. The molecule has 1 aliphatic rings. The molecule has 2 N–H and O–H groups in total. The Balaban J connectivity index is 2.41. The highest BCUT2D eigenvalue weighted by Gasteiger charge is 2.12. The lowest BCUT2D eigenvalue weighted by molar-refractivity contribution is 0.448. The Labute approximate surface area is 96.4 Å². The summed E-state index contributed by atoms with van der Waals surface area (Å²) in [5.41, 5.74) is 2.21. The number of hydrogen-bond donors (Lipinski definition) is 2. The lowest BCUT2D eigenvalue weighted by Crippen LogP contribution is -2.29. The fourth-order valence-corrected chi connectivity index (χ4v) is 2.10. The Hall–Kier alpha value is -2.30. The molecule has 0 unspecified atom stereocenters. The topological polar surface area (TPSA) is 69.0 Å². The number of benzene rings is 1. The molecule has 0 spiro atoms. The summed E-state index contributed by atoms with van der Waals surface area (Å²) in [4.78, 5) is 29.8. The molecule has 2 aromatic rings. The van der Waals surface area contributed by atoms with Crippen molar-refractivity contribution in [2.24, 2.45) is 0 Å². The van der Waals surface area contributed by atoms with E-state index in [0.29, 0.717) is 11.0 Å². The Morgan fingerprint density at radius 1 is 1.18 bits per heavy atom. The van der Waals surface area contributed by atoms with Crippen molar-refractivity contribution in [2.45, 2.75) is 6.54 Å². The first-order valence-electron chi connectivity index (χ1n) is 5.32. The normalized spacial score (nSPS) is 14.1. The zero-order chi connectivity index (χ0) is 12.0. The standard InChI is InChI=1S/C12H11N3O2/c1-15-5-4-8-7(6-15)2-3-9-10(8)14-12(17)11(16)13-9/h2-5H,6H2,1H3,(H,13,16)(H,14,17). The SMILES string of the molecule is CN1C=Cc2c(ccc3[nH]c(=O)c(=O)[nH]c23)C1. The van der Waals surface area contributed by atoms with Crippen molar-refractivity contribution in [2.75, 3.05) is 7.05 Å². The largest absolute Gasteiger partial charge is 0.376 e. The van der Waals surface area contributed by atoms with E-state index in [1.807, 2.05) is 31.5 Å². The van der Waals surface area contributed by atoms with E-state index in [1.54, 1.807) is 0 Å². The maximum absolute atomic E-state index is 11.3. The van der Waals surface area contributed by atoms with Crippen molar-refractivity contribution in [3.05, 3.63) is 50.2 Å². The average Bonchev–Trinajstić information content (AvgIpc) is 2.30. The number of nitrogens with one attached hydrogen (secondary N) is 2. The van der Waals surface area contributed by atoms with Gasteiger partial charge in [0, 0.05) is 19.2 Å². The third kappa shape index (κ3) is 1.47. The van der Waals surface area contributed by atoms with E-state index in [9.17, 15) is 9.59 Å². The fourth-order valence-electron chi connectivity index (χ4n) is 2.10. The lowest BCUT2D eigenvalue weighted by atomic mass is 10.0. The highest BCUT2D eigenvalue weighted by atomic mass is 16.2. The van der Waals surface area contributed by atoms with Crippen LogP contribution in [0.3, 0.4) is 0 Å². The molecule has 17 heavy (non-hydrogen) atoms. The molecule has 1 aromatic heterocycles. The minimum atomic E-state index is -0.616. The van der Waals surface area contributed by atoms with Crippen LogP contribution in [0.5, 0.6) is 0 Å². The molecule has 1 aliphatic heterocycles. The molecule has 0 atom stereocenters. The van der Waals surface area contributed by atoms with E-state index >= 15 is 0 Å². The number of H-pyrrole nitrogens is 2. The third-order valence-electron chi connectivity index (χ3n) is 2.94. The van der Waals surface area contributed by atoms with Crippen molar-refractivity contribution in [1.29, 1.82) is 0 Å². The fraction of sp³-hybridized carbons (Fsp3) is 0.167. The van der Waals surface area contributed by atoms with Crippen molar-refractivity contribution in [3.8, 4) is 0 Å². The second kappa shape index (κ2) is 3.35. The molecule has 0 aliphatic carbocycles. The summed E-state index contributed by atoms with van der Waals surface area (Å²) in [7, 11) is 1.99. The third-order valence-corrected chi connectivity index (χ3v) is 2.94. The Morgan fingerprint density at radius 3 is 2.76 bits per heavy atom. The van der Waals surface area contributed by atoms with E-state index in [0.717, 1.165) is 17.7 Å². The van der Waals surface area contributed by atoms with Gasteiger partial charge in [0.25, 0.3) is 0 Å². The Bertz CT molecular complexity index is 739. The number of aromatic amines is 2.